The topological polar surface area (TPSA) is 88.1 Å². The molecule has 9 rings (SSSR count). The SMILES string of the molecule is COC(=O)c1ccc2c(c1)C=C[C@H]1CC(=O)CC[C@@]21Cc1ccccc1.COC(=O)c1ccc2c(c1)C=C[C@H]1CC3(CC[C@@]21Cc1ccccc1)OCCO3. The molecule has 1 spiro atoms. The van der Waals surface area contributed by atoms with Crippen LogP contribution in [0.3, 0.4) is 0 Å². The molecule has 4 aromatic carbocycles. The van der Waals surface area contributed by atoms with Crippen molar-refractivity contribution in [1.82, 2.24) is 0 Å². The Kier molecular flexibility index (Phi) is 10.2. The first kappa shape index (κ1) is 36.8. The summed E-state index contributed by atoms with van der Waals surface area (Å²) in [5, 5.41) is 0. The van der Waals surface area contributed by atoms with Crippen LogP contribution >= 0.6 is 0 Å². The molecule has 0 aromatic heterocycles. The third-order valence-electron chi connectivity index (χ3n) is 12.8. The van der Waals surface area contributed by atoms with Crippen LogP contribution in [0, 0.1) is 11.8 Å². The van der Waals surface area contributed by atoms with E-state index in [4.69, 9.17) is 18.9 Å². The molecule has 0 bridgehead atoms. The average Bonchev–Trinajstić information content (AvgIpc) is 3.69. The van der Waals surface area contributed by atoms with Crippen molar-refractivity contribution >= 4 is 29.9 Å². The maximum atomic E-state index is 12.1. The largest absolute Gasteiger partial charge is 0.465 e. The van der Waals surface area contributed by atoms with Crippen molar-refractivity contribution in [2.75, 3.05) is 27.4 Å². The Morgan fingerprint density at radius 3 is 1.69 bits per heavy atom. The Balaban J connectivity index is 0.000000156. The molecule has 7 nitrogen and oxygen atoms in total. The number of hydrogen-bond donors (Lipinski definition) is 0. The predicted octanol–water partition coefficient (Wildman–Crippen LogP) is 8.87. The standard InChI is InChI=1S/C25H26O4.C23H22O3/c1-27-23(26)20-8-10-22-19(15-20)7-9-21-17-25(28-13-14-29-25)12-11-24(21,22)16-18-5-3-2-4-6-18;1-26-22(25)18-8-10-21-17(13-18)7-9-19-14-20(24)11-12-23(19,21)15-16-5-3-2-4-6-16/h2-10,15,21H,11-14,16-17H2,1H3;2-10,13,19H,11-12,14-15H2,1H3/t21-,24-;19-,23-/m00/s1. The molecular formula is C48H48O7. The number of Topliss-reactive ketones (excluding diaryl/α,β-unsaturated/α-hetero) is 1. The van der Waals surface area contributed by atoms with E-state index in [2.05, 4.69) is 91.0 Å². The first-order chi connectivity index (χ1) is 26.8. The fraction of sp³-hybridized carbons (Fsp3) is 0.354. The molecule has 1 aliphatic heterocycles. The Bertz CT molecular complexity index is 2130. The second kappa shape index (κ2) is 15.2. The second-order valence-corrected chi connectivity index (χ2v) is 15.7. The summed E-state index contributed by atoms with van der Waals surface area (Å²) < 4.78 is 21.9. The van der Waals surface area contributed by atoms with Gasteiger partial charge in [-0.2, -0.15) is 0 Å². The predicted molar refractivity (Wildman–Crippen MR) is 212 cm³/mol. The minimum atomic E-state index is -0.432. The van der Waals surface area contributed by atoms with Crippen LogP contribution < -0.4 is 0 Å². The number of carbonyl (C=O) groups is 3. The number of rotatable bonds is 6. The van der Waals surface area contributed by atoms with Gasteiger partial charge in [0.05, 0.1) is 38.6 Å². The molecule has 0 N–H and O–H groups in total. The summed E-state index contributed by atoms with van der Waals surface area (Å²) >= 11 is 0. The van der Waals surface area contributed by atoms with Gasteiger partial charge in [-0.1, -0.05) is 97.1 Å². The number of hydrogen-bond acceptors (Lipinski definition) is 7. The second-order valence-electron chi connectivity index (χ2n) is 15.7. The molecule has 0 radical (unpaired) electrons. The first-order valence-electron chi connectivity index (χ1n) is 19.5. The Morgan fingerprint density at radius 1 is 0.655 bits per heavy atom. The summed E-state index contributed by atoms with van der Waals surface area (Å²) in [5.74, 6) is -0.168. The van der Waals surface area contributed by atoms with Crippen molar-refractivity contribution in [1.29, 1.82) is 0 Å². The number of ketones is 1. The molecule has 0 unspecified atom stereocenters. The highest BCUT2D eigenvalue weighted by Crippen LogP contribution is 2.55. The van der Waals surface area contributed by atoms with Crippen molar-refractivity contribution in [3.05, 3.63) is 154 Å². The molecule has 4 aliphatic carbocycles. The number of fused-ring (bicyclic) bond motifs is 6. The molecule has 7 heteroatoms. The van der Waals surface area contributed by atoms with E-state index < -0.39 is 5.79 Å². The van der Waals surface area contributed by atoms with Gasteiger partial charge in [0.2, 0.25) is 0 Å². The van der Waals surface area contributed by atoms with Gasteiger partial charge in [-0.15, -0.1) is 0 Å². The van der Waals surface area contributed by atoms with Gasteiger partial charge in [0.1, 0.15) is 5.78 Å². The van der Waals surface area contributed by atoms with E-state index in [9.17, 15) is 14.4 Å². The van der Waals surface area contributed by atoms with Gasteiger partial charge >= 0.3 is 11.9 Å². The molecule has 2 saturated carbocycles. The fourth-order valence-corrected chi connectivity index (χ4v) is 10.0. The van der Waals surface area contributed by atoms with E-state index in [-0.39, 0.29) is 28.7 Å². The number of ether oxygens (including phenoxy) is 4. The molecule has 55 heavy (non-hydrogen) atoms. The van der Waals surface area contributed by atoms with Crippen molar-refractivity contribution in [3.8, 4) is 0 Å². The molecule has 1 heterocycles. The van der Waals surface area contributed by atoms with Crippen LogP contribution in [0.15, 0.2) is 109 Å². The normalized spacial score (nSPS) is 25.4. The zero-order valence-electron chi connectivity index (χ0n) is 31.6. The van der Waals surface area contributed by atoms with Crippen molar-refractivity contribution in [3.63, 3.8) is 0 Å². The van der Waals surface area contributed by atoms with E-state index in [0.717, 1.165) is 49.7 Å². The van der Waals surface area contributed by atoms with Gasteiger partial charge in [0.25, 0.3) is 0 Å². The number of carbonyl (C=O) groups excluding carboxylic acids is 3. The molecule has 4 atom stereocenters. The highest BCUT2D eigenvalue weighted by atomic mass is 16.7. The smallest absolute Gasteiger partial charge is 0.337 e. The number of allylic oxidation sites excluding steroid dienone is 2. The van der Waals surface area contributed by atoms with Crippen LogP contribution in [0.25, 0.3) is 12.2 Å². The number of benzene rings is 4. The number of esters is 2. The summed E-state index contributed by atoms with van der Waals surface area (Å²) in [5.41, 5.74) is 8.40. The first-order valence-corrected chi connectivity index (χ1v) is 19.5. The van der Waals surface area contributed by atoms with Gasteiger partial charge in [-0.3, -0.25) is 4.79 Å². The Labute approximate surface area is 323 Å². The molecule has 282 valence electrons. The van der Waals surface area contributed by atoms with Gasteiger partial charge in [0.15, 0.2) is 5.79 Å². The highest BCUT2D eigenvalue weighted by molar-refractivity contribution is 5.91. The van der Waals surface area contributed by atoms with Crippen LogP contribution in [-0.2, 0) is 47.4 Å². The van der Waals surface area contributed by atoms with Gasteiger partial charge < -0.3 is 18.9 Å². The minimum Gasteiger partial charge on any atom is -0.465 e. The van der Waals surface area contributed by atoms with Gasteiger partial charge in [-0.05, 0) is 95.2 Å². The fourth-order valence-electron chi connectivity index (χ4n) is 10.0. The van der Waals surface area contributed by atoms with E-state index in [1.807, 2.05) is 30.3 Å². The highest BCUT2D eigenvalue weighted by Gasteiger charge is 2.53. The monoisotopic (exact) mass is 736 g/mol. The lowest BCUT2D eigenvalue weighted by atomic mass is 9.56. The lowest BCUT2D eigenvalue weighted by molar-refractivity contribution is -0.194. The maximum absolute atomic E-state index is 12.1. The summed E-state index contributed by atoms with van der Waals surface area (Å²) in [4.78, 5) is 36.1. The van der Waals surface area contributed by atoms with E-state index in [1.54, 1.807) is 0 Å². The van der Waals surface area contributed by atoms with E-state index in [1.165, 1.54) is 36.5 Å². The van der Waals surface area contributed by atoms with Crippen molar-refractivity contribution in [2.45, 2.75) is 68.0 Å². The van der Waals surface area contributed by atoms with Crippen molar-refractivity contribution < 1.29 is 33.3 Å². The molecule has 1 saturated heterocycles. The summed E-state index contributed by atoms with van der Waals surface area (Å²) in [6.45, 7) is 1.36. The van der Waals surface area contributed by atoms with Crippen LogP contribution in [0.1, 0.15) is 92.6 Å². The molecule has 5 aliphatic rings. The molecule has 3 fully saturated rings. The van der Waals surface area contributed by atoms with Crippen LogP contribution in [0.5, 0.6) is 0 Å². The van der Waals surface area contributed by atoms with Gasteiger partial charge in [-0.25, -0.2) is 9.59 Å². The van der Waals surface area contributed by atoms with Crippen LogP contribution in [-0.4, -0.2) is 50.9 Å². The van der Waals surface area contributed by atoms with Gasteiger partial charge in [0, 0.05) is 36.5 Å². The third-order valence-corrected chi connectivity index (χ3v) is 12.8. The molecular weight excluding hydrogens is 689 g/mol. The third kappa shape index (κ3) is 7.00. The zero-order valence-corrected chi connectivity index (χ0v) is 31.6. The minimum absolute atomic E-state index is 0.0271. The summed E-state index contributed by atoms with van der Waals surface area (Å²) in [6.07, 6.45) is 15.4. The van der Waals surface area contributed by atoms with Crippen LogP contribution in [0.4, 0.5) is 0 Å². The van der Waals surface area contributed by atoms with E-state index >= 15 is 0 Å². The zero-order chi connectivity index (χ0) is 38.0. The Morgan fingerprint density at radius 2 is 1.16 bits per heavy atom. The lowest BCUT2D eigenvalue weighted by Gasteiger charge is -2.51. The average molecular weight is 737 g/mol. The summed E-state index contributed by atoms with van der Waals surface area (Å²) in [6, 6.07) is 33.0. The van der Waals surface area contributed by atoms with E-state index in [0.29, 0.717) is 48.9 Å². The molecule has 4 aromatic rings. The molecule has 0 amide bonds. The quantitative estimate of drug-likeness (QED) is 0.183. The Hall–Kier alpha value is -5.11. The number of methoxy groups -OCH3 is 2. The lowest BCUT2D eigenvalue weighted by Crippen LogP contribution is -2.50. The van der Waals surface area contributed by atoms with Crippen LogP contribution in [0.2, 0.25) is 0 Å². The summed E-state index contributed by atoms with van der Waals surface area (Å²) in [7, 11) is 2.82. The van der Waals surface area contributed by atoms with Crippen molar-refractivity contribution in [2.24, 2.45) is 11.8 Å². The maximum Gasteiger partial charge on any atom is 0.337 e.